The monoisotopic (exact) mass is 329 g/mol. The van der Waals surface area contributed by atoms with Crippen LogP contribution >= 0.6 is 0 Å². The van der Waals surface area contributed by atoms with Crippen molar-refractivity contribution < 1.29 is 9.47 Å². The van der Waals surface area contributed by atoms with Gasteiger partial charge in [-0.15, -0.1) is 0 Å². The van der Waals surface area contributed by atoms with E-state index in [4.69, 9.17) is 15.2 Å². The Morgan fingerprint density at radius 1 is 1.42 bits per heavy atom. The normalized spacial score (nSPS) is 17.9. The van der Waals surface area contributed by atoms with Crippen molar-refractivity contribution in [3.63, 3.8) is 0 Å². The van der Waals surface area contributed by atoms with E-state index < -0.39 is 0 Å². The largest absolute Gasteiger partial charge is 0.497 e. The molecule has 24 heavy (non-hydrogen) atoms. The topological polar surface area (TPSA) is 86.7 Å². The van der Waals surface area contributed by atoms with Crippen molar-refractivity contribution >= 4 is 5.96 Å². The molecular weight excluding hydrogens is 306 g/mol. The minimum atomic E-state index is 0.244. The third-order valence-electron chi connectivity index (χ3n) is 3.93. The number of hydrogen-bond acceptors (Lipinski definition) is 4. The highest BCUT2D eigenvalue weighted by Crippen LogP contribution is 2.14. The maximum Gasteiger partial charge on any atom is 0.189 e. The highest BCUT2D eigenvalue weighted by atomic mass is 16.5. The number of nitrogens with two attached hydrogens (primary N) is 1. The van der Waals surface area contributed by atoms with E-state index in [0.29, 0.717) is 19.0 Å². The molecule has 0 saturated carbocycles. The number of ether oxygens (including phenoxy) is 2. The van der Waals surface area contributed by atoms with Gasteiger partial charge in [0.15, 0.2) is 5.96 Å². The fraction of sp³-hybridized carbons (Fsp3) is 0.412. The molecule has 0 bridgehead atoms. The first-order valence-electron chi connectivity index (χ1n) is 8.09. The van der Waals surface area contributed by atoms with E-state index in [0.717, 1.165) is 36.6 Å². The van der Waals surface area contributed by atoms with Crippen LogP contribution in [0.1, 0.15) is 18.5 Å². The molecular formula is C17H23N5O2. The first-order valence-corrected chi connectivity index (χ1v) is 8.09. The molecule has 2 aromatic rings. The van der Waals surface area contributed by atoms with Crippen LogP contribution in [0.5, 0.6) is 5.75 Å². The minimum absolute atomic E-state index is 0.244. The van der Waals surface area contributed by atoms with Gasteiger partial charge in [-0.05, 0) is 43.2 Å². The van der Waals surface area contributed by atoms with Crippen LogP contribution in [0.4, 0.5) is 0 Å². The van der Waals surface area contributed by atoms with Gasteiger partial charge in [-0.3, -0.25) is 0 Å². The fourth-order valence-electron chi connectivity index (χ4n) is 2.57. The number of guanidine groups is 1. The lowest BCUT2D eigenvalue weighted by Gasteiger charge is -2.10. The summed E-state index contributed by atoms with van der Waals surface area (Å²) in [6.07, 6.45) is 4.34. The molecule has 1 fully saturated rings. The quantitative estimate of drug-likeness (QED) is 0.619. The highest BCUT2D eigenvalue weighted by molar-refractivity contribution is 5.77. The molecule has 1 aromatic heterocycles. The predicted molar refractivity (Wildman–Crippen MR) is 92.4 cm³/mol. The van der Waals surface area contributed by atoms with Crippen LogP contribution in [0.25, 0.3) is 5.69 Å². The predicted octanol–water partition coefficient (Wildman–Crippen LogP) is 1.46. The molecule has 1 saturated heterocycles. The molecule has 1 aromatic carbocycles. The van der Waals surface area contributed by atoms with E-state index in [1.165, 1.54) is 0 Å². The third kappa shape index (κ3) is 4.26. The van der Waals surface area contributed by atoms with Crippen LogP contribution in [0.15, 0.2) is 41.5 Å². The molecule has 0 spiro atoms. The summed E-state index contributed by atoms with van der Waals surface area (Å²) in [7, 11) is 1.65. The second-order valence-corrected chi connectivity index (χ2v) is 5.67. The molecule has 0 amide bonds. The van der Waals surface area contributed by atoms with Crippen LogP contribution in [-0.4, -0.2) is 42.1 Å². The highest BCUT2D eigenvalue weighted by Gasteiger charge is 2.14. The summed E-state index contributed by atoms with van der Waals surface area (Å²) in [5.41, 5.74) is 7.71. The Morgan fingerprint density at radius 3 is 2.96 bits per heavy atom. The van der Waals surface area contributed by atoms with Crippen LogP contribution in [-0.2, 0) is 11.3 Å². The number of rotatable bonds is 6. The van der Waals surface area contributed by atoms with Gasteiger partial charge in [-0.1, -0.05) is 0 Å². The van der Waals surface area contributed by atoms with Crippen molar-refractivity contribution in [1.29, 1.82) is 0 Å². The van der Waals surface area contributed by atoms with Crippen LogP contribution < -0.4 is 15.8 Å². The molecule has 2 heterocycles. The summed E-state index contributed by atoms with van der Waals surface area (Å²) in [4.78, 5) is 4.32. The third-order valence-corrected chi connectivity index (χ3v) is 3.93. The van der Waals surface area contributed by atoms with Crippen molar-refractivity contribution in [2.75, 3.05) is 20.3 Å². The Bertz CT molecular complexity index is 675. The Balaban J connectivity index is 1.53. The zero-order chi connectivity index (χ0) is 16.8. The van der Waals surface area contributed by atoms with E-state index in [2.05, 4.69) is 15.4 Å². The molecule has 1 aliphatic rings. The summed E-state index contributed by atoms with van der Waals surface area (Å²) >= 11 is 0. The van der Waals surface area contributed by atoms with Gasteiger partial charge in [0, 0.05) is 19.3 Å². The second kappa shape index (κ2) is 7.83. The van der Waals surface area contributed by atoms with Crippen molar-refractivity contribution in [2.24, 2.45) is 10.7 Å². The molecule has 0 radical (unpaired) electrons. The van der Waals surface area contributed by atoms with Gasteiger partial charge in [0.1, 0.15) is 5.75 Å². The summed E-state index contributed by atoms with van der Waals surface area (Å²) in [6, 6.07) is 9.65. The number of aliphatic imine (C=N–C) groups is 1. The van der Waals surface area contributed by atoms with Gasteiger partial charge in [-0.25, -0.2) is 9.67 Å². The molecule has 3 rings (SSSR count). The zero-order valence-corrected chi connectivity index (χ0v) is 13.8. The van der Waals surface area contributed by atoms with Gasteiger partial charge < -0.3 is 20.5 Å². The average Bonchev–Trinajstić information content (AvgIpc) is 3.30. The SMILES string of the molecule is COc1ccc(-n2ccc(CN=C(N)NCC3CCCO3)n2)cc1. The Kier molecular flexibility index (Phi) is 5.32. The number of aromatic nitrogens is 2. The van der Waals surface area contributed by atoms with E-state index in [1.807, 2.05) is 36.5 Å². The molecule has 7 heteroatoms. The van der Waals surface area contributed by atoms with Crippen molar-refractivity contribution in [1.82, 2.24) is 15.1 Å². The first kappa shape index (κ1) is 16.3. The zero-order valence-electron chi connectivity index (χ0n) is 13.8. The maximum absolute atomic E-state index is 5.88. The van der Waals surface area contributed by atoms with Gasteiger partial charge >= 0.3 is 0 Å². The molecule has 0 aliphatic carbocycles. The van der Waals surface area contributed by atoms with Crippen LogP contribution in [0.2, 0.25) is 0 Å². The average molecular weight is 329 g/mol. The summed E-state index contributed by atoms with van der Waals surface area (Å²) in [5.74, 6) is 1.24. The van der Waals surface area contributed by atoms with E-state index in [9.17, 15) is 0 Å². The number of nitrogens with one attached hydrogen (secondary N) is 1. The summed E-state index contributed by atoms with van der Waals surface area (Å²) < 4.78 is 12.5. The van der Waals surface area contributed by atoms with E-state index in [1.54, 1.807) is 11.8 Å². The Hall–Kier alpha value is -2.54. The second-order valence-electron chi connectivity index (χ2n) is 5.67. The standard InChI is InChI=1S/C17H23N5O2/c1-23-15-6-4-14(5-7-15)22-9-8-13(21-22)11-19-17(18)20-12-16-3-2-10-24-16/h4-9,16H,2-3,10-12H2,1H3,(H3,18,19,20). The number of nitrogens with zero attached hydrogens (tertiary/aromatic N) is 3. The maximum atomic E-state index is 5.88. The van der Waals surface area contributed by atoms with Gasteiger partial charge in [0.2, 0.25) is 0 Å². The molecule has 128 valence electrons. The molecule has 3 N–H and O–H groups in total. The first-order chi connectivity index (χ1) is 11.7. The van der Waals surface area contributed by atoms with Crippen LogP contribution in [0.3, 0.4) is 0 Å². The number of hydrogen-bond donors (Lipinski definition) is 2. The molecule has 1 aliphatic heterocycles. The molecule has 1 atom stereocenters. The summed E-state index contributed by atoms with van der Waals surface area (Å²) in [5, 5.41) is 7.61. The minimum Gasteiger partial charge on any atom is -0.497 e. The van der Waals surface area contributed by atoms with E-state index >= 15 is 0 Å². The van der Waals surface area contributed by atoms with Gasteiger partial charge in [0.05, 0.1) is 31.1 Å². The van der Waals surface area contributed by atoms with Gasteiger partial charge in [-0.2, -0.15) is 5.10 Å². The Labute approximate surface area is 141 Å². The molecule has 1 unspecified atom stereocenters. The lowest BCUT2D eigenvalue weighted by Crippen LogP contribution is -2.37. The number of benzene rings is 1. The smallest absolute Gasteiger partial charge is 0.189 e. The lowest BCUT2D eigenvalue weighted by atomic mass is 10.2. The molecule has 7 nitrogen and oxygen atoms in total. The van der Waals surface area contributed by atoms with Crippen molar-refractivity contribution in [3.8, 4) is 11.4 Å². The van der Waals surface area contributed by atoms with Crippen molar-refractivity contribution in [2.45, 2.75) is 25.5 Å². The lowest BCUT2D eigenvalue weighted by molar-refractivity contribution is 0.114. The van der Waals surface area contributed by atoms with Gasteiger partial charge in [0.25, 0.3) is 0 Å². The van der Waals surface area contributed by atoms with Crippen molar-refractivity contribution in [3.05, 3.63) is 42.2 Å². The van der Waals surface area contributed by atoms with Crippen LogP contribution in [0, 0.1) is 0 Å². The summed E-state index contributed by atoms with van der Waals surface area (Å²) in [6.45, 7) is 1.98. The Morgan fingerprint density at radius 2 is 2.25 bits per heavy atom. The number of methoxy groups -OCH3 is 1. The fourth-order valence-corrected chi connectivity index (χ4v) is 2.57. The van der Waals surface area contributed by atoms with E-state index in [-0.39, 0.29) is 6.10 Å².